The number of nitrogens with one attached hydrogen (secondary N) is 1. The van der Waals surface area contributed by atoms with E-state index in [4.69, 9.17) is 4.74 Å². The molecule has 2 aromatic rings. The molecule has 0 aliphatic carbocycles. The summed E-state index contributed by atoms with van der Waals surface area (Å²) in [6.45, 7) is 2.26. The monoisotopic (exact) mass is 271 g/mol. The molecule has 0 bridgehead atoms. The molecule has 0 atom stereocenters. The predicted octanol–water partition coefficient (Wildman–Crippen LogP) is 2.77. The van der Waals surface area contributed by atoms with Crippen LogP contribution in [0.3, 0.4) is 0 Å². The second-order valence-electron chi connectivity index (χ2n) is 4.43. The van der Waals surface area contributed by atoms with E-state index in [0.29, 0.717) is 6.61 Å². The fourth-order valence-electron chi connectivity index (χ4n) is 1.97. The highest BCUT2D eigenvalue weighted by molar-refractivity contribution is 6.08. The predicted molar refractivity (Wildman–Crippen MR) is 78.7 cm³/mol. The van der Waals surface area contributed by atoms with Crippen LogP contribution in [0.15, 0.2) is 42.5 Å². The number of carbonyl (C=O) groups excluding carboxylic acids is 2. The van der Waals surface area contributed by atoms with E-state index in [-0.39, 0.29) is 24.7 Å². The summed E-state index contributed by atoms with van der Waals surface area (Å²) in [6.07, 6.45) is -0.163. The van der Waals surface area contributed by atoms with Gasteiger partial charge in [-0.15, -0.1) is 0 Å². The van der Waals surface area contributed by atoms with E-state index in [2.05, 4.69) is 5.32 Å². The van der Waals surface area contributed by atoms with Gasteiger partial charge >= 0.3 is 0 Å². The van der Waals surface area contributed by atoms with Gasteiger partial charge in [0.05, 0.1) is 6.42 Å². The fourth-order valence-corrected chi connectivity index (χ4v) is 1.97. The molecule has 0 heterocycles. The molecule has 0 aliphatic rings. The molecule has 2 rings (SSSR count). The Morgan fingerprint density at radius 3 is 2.65 bits per heavy atom. The Hall–Kier alpha value is -2.20. The van der Waals surface area contributed by atoms with E-state index < -0.39 is 0 Å². The maximum absolute atomic E-state index is 11.8. The van der Waals surface area contributed by atoms with Crippen molar-refractivity contribution in [3.63, 3.8) is 0 Å². The Balaban J connectivity index is 2.05. The highest BCUT2D eigenvalue weighted by Gasteiger charge is 2.10. The molecule has 4 heteroatoms. The van der Waals surface area contributed by atoms with Crippen molar-refractivity contribution in [1.82, 2.24) is 0 Å². The highest BCUT2D eigenvalue weighted by Crippen LogP contribution is 2.22. The summed E-state index contributed by atoms with van der Waals surface area (Å²) in [6, 6.07) is 13.5. The van der Waals surface area contributed by atoms with Crippen LogP contribution in [0.4, 0.5) is 5.69 Å². The lowest BCUT2D eigenvalue weighted by molar-refractivity contribution is -0.128. The van der Waals surface area contributed by atoms with Crippen LogP contribution in [-0.2, 0) is 14.3 Å². The smallest absolute Gasteiger partial charge is 0.231 e. The van der Waals surface area contributed by atoms with Crippen molar-refractivity contribution < 1.29 is 14.3 Å². The summed E-state index contributed by atoms with van der Waals surface area (Å²) in [7, 11) is 0. The van der Waals surface area contributed by atoms with Gasteiger partial charge in [0.2, 0.25) is 5.91 Å². The second-order valence-corrected chi connectivity index (χ2v) is 4.43. The number of rotatable bonds is 6. The van der Waals surface area contributed by atoms with Gasteiger partial charge in [0.15, 0.2) is 5.78 Å². The molecule has 0 saturated carbocycles. The lowest BCUT2D eigenvalue weighted by Gasteiger charge is -2.08. The first-order valence-corrected chi connectivity index (χ1v) is 6.57. The molecule has 0 aromatic heterocycles. The third kappa shape index (κ3) is 3.65. The lowest BCUT2D eigenvalue weighted by Crippen LogP contribution is -2.19. The first kappa shape index (κ1) is 14.2. The standard InChI is InChI=1S/C16H17NO3/c1-2-20-11-13(18)10-16(19)17-15-9-5-7-12-6-3-4-8-14(12)15/h3-9H,2,10-11H2,1H3,(H,17,19). The SMILES string of the molecule is CCOCC(=O)CC(=O)Nc1cccc2ccccc12. The van der Waals surface area contributed by atoms with E-state index >= 15 is 0 Å². The molecule has 0 aliphatic heterocycles. The molecule has 0 radical (unpaired) electrons. The van der Waals surface area contributed by atoms with Crippen molar-refractivity contribution in [3.05, 3.63) is 42.5 Å². The first-order valence-electron chi connectivity index (χ1n) is 6.57. The van der Waals surface area contributed by atoms with Crippen molar-refractivity contribution in [1.29, 1.82) is 0 Å². The molecule has 1 amide bonds. The fraction of sp³-hybridized carbons (Fsp3) is 0.250. The van der Waals surface area contributed by atoms with Crippen LogP contribution in [-0.4, -0.2) is 24.9 Å². The zero-order chi connectivity index (χ0) is 14.4. The van der Waals surface area contributed by atoms with Gasteiger partial charge in [-0.1, -0.05) is 36.4 Å². The number of amides is 1. The Kier molecular flexibility index (Phi) is 4.85. The number of hydrogen-bond donors (Lipinski definition) is 1. The van der Waals surface area contributed by atoms with E-state index in [1.165, 1.54) is 0 Å². The third-order valence-corrected chi connectivity index (χ3v) is 2.89. The minimum atomic E-state index is -0.314. The van der Waals surface area contributed by atoms with E-state index in [9.17, 15) is 9.59 Å². The van der Waals surface area contributed by atoms with E-state index in [1.54, 1.807) is 0 Å². The van der Waals surface area contributed by atoms with Gasteiger partial charge < -0.3 is 10.1 Å². The molecule has 4 nitrogen and oxygen atoms in total. The Bertz CT molecular complexity index is 617. The van der Waals surface area contributed by atoms with Crippen LogP contribution in [0.5, 0.6) is 0 Å². The average Bonchev–Trinajstić information content (AvgIpc) is 2.45. The largest absolute Gasteiger partial charge is 0.374 e. The normalized spacial score (nSPS) is 10.4. The van der Waals surface area contributed by atoms with Crippen LogP contribution in [0, 0.1) is 0 Å². The molecule has 2 aromatic carbocycles. The van der Waals surface area contributed by atoms with Crippen LogP contribution in [0.1, 0.15) is 13.3 Å². The van der Waals surface area contributed by atoms with Crippen molar-refractivity contribution in [3.8, 4) is 0 Å². The maximum Gasteiger partial charge on any atom is 0.231 e. The van der Waals surface area contributed by atoms with Crippen LogP contribution in [0.2, 0.25) is 0 Å². The molecule has 104 valence electrons. The van der Waals surface area contributed by atoms with E-state index in [1.807, 2.05) is 49.4 Å². The summed E-state index contributed by atoms with van der Waals surface area (Å²) >= 11 is 0. The minimum absolute atomic E-state index is 0.0144. The van der Waals surface area contributed by atoms with Gasteiger partial charge in [0, 0.05) is 17.7 Å². The molecule has 1 N–H and O–H groups in total. The quantitative estimate of drug-likeness (QED) is 0.822. The number of carbonyl (C=O) groups is 2. The minimum Gasteiger partial charge on any atom is -0.374 e. The van der Waals surface area contributed by atoms with Crippen molar-refractivity contribution >= 4 is 28.2 Å². The number of Topliss-reactive ketones (excluding diaryl/α,β-unsaturated/α-hetero) is 1. The molecule has 0 unspecified atom stereocenters. The second kappa shape index (κ2) is 6.82. The van der Waals surface area contributed by atoms with Gasteiger partial charge in [-0.2, -0.15) is 0 Å². The molecular formula is C16H17NO3. The number of benzene rings is 2. The zero-order valence-electron chi connectivity index (χ0n) is 11.4. The third-order valence-electron chi connectivity index (χ3n) is 2.89. The maximum atomic E-state index is 11.8. The Morgan fingerprint density at radius 2 is 1.85 bits per heavy atom. The summed E-state index contributed by atoms with van der Waals surface area (Å²) in [5.41, 5.74) is 0.720. The van der Waals surface area contributed by atoms with Crippen molar-refractivity contribution in [2.45, 2.75) is 13.3 Å². The van der Waals surface area contributed by atoms with Gasteiger partial charge in [0.25, 0.3) is 0 Å². The summed E-state index contributed by atoms with van der Waals surface area (Å²) in [5, 5.41) is 4.78. The van der Waals surface area contributed by atoms with Gasteiger partial charge in [-0.3, -0.25) is 9.59 Å². The number of hydrogen-bond acceptors (Lipinski definition) is 3. The van der Waals surface area contributed by atoms with Crippen LogP contribution < -0.4 is 5.32 Å². The van der Waals surface area contributed by atoms with Crippen molar-refractivity contribution in [2.24, 2.45) is 0 Å². The molecular weight excluding hydrogens is 254 g/mol. The topological polar surface area (TPSA) is 55.4 Å². The molecule has 0 spiro atoms. The lowest BCUT2D eigenvalue weighted by atomic mass is 10.1. The van der Waals surface area contributed by atoms with Crippen LogP contribution >= 0.6 is 0 Å². The number of anilines is 1. The zero-order valence-corrected chi connectivity index (χ0v) is 11.4. The van der Waals surface area contributed by atoms with Gasteiger partial charge in [-0.05, 0) is 18.4 Å². The molecule has 20 heavy (non-hydrogen) atoms. The van der Waals surface area contributed by atoms with Crippen LogP contribution in [0.25, 0.3) is 10.8 Å². The summed E-state index contributed by atoms with van der Waals surface area (Å²) in [5.74, 6) is -0.532. The van der Waals surface area contributed by atoms with E-state index in [0.717, 1.165) is 16.5 Å². The average molecular weight is 271 g/mol. The number of fused-ring (bicyclic) bond motifs is 1. The van der Waals surface area contributed by atoms with Gasteiger partial charge in [-0.25, -0.2) is 0 Å². The molecule has 0 fully saturated rings. The highest BCUT2D eigenvalue weighted by atomic mass is 16.5. The number of ether oxygens (including phenoxy) is 1. The Morgan fingerprint density at radius 1 is 1.10 bits per heavy atom. The van der Waals surface area contributed by atoms with Gasteiger partial charge in [0.1, 0.15) is 6.61 Å². The summed E-state index contributed by atoms with van der Waals surface area (Å²) < 4.78 is 4.99. The first-order chi connectivity index (χ1) is 9.70. The Labute approximate surface area is 117 Å². The number of ketones is 1. The van der Waals surface area contributed by atoms with Crippen molar-refractivity contribution in [2.75, 3.05) is 18.5 Å². The molecule has 0 saturated heterocycles. The summed E-state index contributed by atoms with van der Waals surface area (Å²) in [4.78, 5) is 23.3.